The van der Waals surface area contributed by atoms with Crippen LogP contribution in [0.15, 0.2) is 78.9 Å². The molecule has 0 radical (unpaired) electrons. The van der Waals surface area contributed by atoms with Crippen LogP contribution in [0, 0.1) is 11.8 Å². The number of hydrogen-bond acceptors (Lipinski definition) is 4. The SMILES string of the molecule is C[C@@]1(O)CC(=O)[C@@H](C(=O)Nc2ccc(Cl)cc2)[C@H](c2ccccc2)[C@@H]1C(=O)Nc1ccc(Cl)cc1. The van der Waals surface area contributed by atoms with E-state index in [1.54, 1.807) is 78.9 Å². The third kappa shape index (κ3) is 5.56. The Morgan fingerprint density at radius 3 is 1.83 bits per heavy atom. The van der Waals surface area contributed by atoms with Crippen LogP contribution in [-0.2, 0) is 14.4 Å². The minimum atomic E-state index is -1.68. The summed E-state index contributed by atoms with van der Waals surface area (Å²) < 4.78 is 0. The summed E-state index contributed by atoms with van der Waals surface area (Å²) >= 11 is 11.9. The molecule has 180 valence electrons. The average molecular weight is 511 g/mol. The Morgan fingerprint density at radius 2 is 1.31 bits per heavy atom. The zero-order chi connectivity index (χ0) is 25.2. The van der Waals surface area contributed by atoms with E-state index in [4.69, 9.17) is 23.2 Å². The van der Waals surface area contributed by atoms with Gasteiger partial charge in [0.2, 0.25) is 11.8 Å². The molecule has 3 N–H and O–H groups in total. The van der Waals surface area contributed by atoms with Crippen LogP contribution in [0.3, 0.4) is 0 Å². The summed E-state index contributed by atoms with van der Waals surface area (Å²) in [5, 5.41) is 17.9. The van der Waals surface area contributed by atoms with Gasteiger partial charge in [0.1, 0.15) is 11.7 Å². The predicted octanol–water partition coefficient (Wildman–Crippen LogP) is 5.31. The highest BCUT2D eigenvalue weighted by Crippen LogP contribution is 2.46. The summed E-state index contributed by atoms with van der Waals surface area (Å²) in [5.74, 6) is -4.65. The maximum Gasteiger partial charge on any atom is 0.235 e. The molecule has 2 amide bonds. The lowest BCUT2D eigenvalue weighted by atomic mass is 9.61. The summed E-state index contributed by atoms with van der Waals surface area (Å²) in [6.07, 6.45) is -0.340. The van der Waals surface area contributed by atoms with Crippen LogP contribution < -0.4 is 10.6 Å². The van der Waals surface area contributed by atoms with Gasteiger partial charge in [-0.3, -0.25) is 14.4 Å². The molecule has 4 rings (SSSR count). The normalized spacial score (nSPS) is 24.0. The highest BCUT2D eigenvalue weighted by Gasteiger charge is 2.55. The summed E-state index contributed by atoms with van der Waals surface area (Å²) in [6, 6.07) is 21.9. The topological polar surface area (TPSA) is 95.5 Å². The third-order valence-electron chi connectivity index (χ3n) is 6.24. The summed E-state index contributed by atoms with van der Waals surface area (Å²) in [5.41, 5.74) is -0.113. The van der Waals surface area contributed by atoms with E-state index in [1.807, 2.05) is 0 Å². The molecule has 8 heteroatoms. The van der Waals surface area contributed by atoms with Gasteiger partial charge in [0, 0.05) is 33.8 Å². The zero-order valence-electron chi connectivity index (χ0n) is 18.9. The number of ketones is 1. The van der Waals surface area contributed by atoms with Gasteiger partial charge < -0.3 is 15.7 Å². The number of carbonyl (C=O) groups excluding carboxylic acids is 3. The van der Waals surface area contributed by atoms with Crippen molar-refractivity contribution in [3.05, 3.63) is 94.5 Å². The number of benzene rings is 3. The van der Waals surface area contributed by atoms with E-state index in [2.05, 4.69) is 10.6 Å². The first-order valence-corrected chi connectivity index (χ1v) is 11.8. The lowest BCUT2D eigenvalue weighted by Crippen LogP contribution is -2.56. The number of hydrogen-bond donors (Lipinski definition) is 3. The molecule has 6 nitrogen and oxygen atoms in total. The fourth-order valence-corrected chi connectivity index (χ4v) is 4.93. The molecular weight excluding hydrogens is 487 g/mol. The van der Waals surface area contributed by atoms with Crippen LogP contribution in [0.4, 0.5) is 11.4 Å². The van der Waals surface area contributed by atoms with Crippen molar-refractivity contribution >= 4 is 52.2 Å². The lowest BCUT2D eigenvalue weighted by Gasteiger charge is -2.44. The van der Waals surface area contributed by atoms with Crippen LogP contribution in [-0.4, -0.2) is 28.3 Å². The molecule has 35 heavy (non-hydrogen) atoms. The van der Waals surface area contributed by atoms with Crippen molar-refractivity contribution in [1.82, 2.24) is 0 Å². The Kier molecular flexibility index (Phi) is 7.26. The third-order valence-corrected chi connectivity index (χ3v) is 6.74. The molecule has 0 aliphatic heterocycles. The summed E-state index contributed by atoms with van der Waals surface area (Å²) in [4.78, 5) is 40.2. The number of amides is 2. The standard InChI is InChI=1S/C27H24Cl2N2O4/c1-27(35)15-21(32)23(25(33)30-19-11-7-17(28)8-12-19)22(16-5-3-2-4-6-16)24(27)26(34)31-20-13-9-18(29)10-14-20/h2-14,22-24,35H,15H2,1H3,(H,30,33)(H,31,34)/t22-,23+,24+,27+/m0/s1. The van der Waals surface area contributed by atoms with Gasteiger partial charge in [0.15, 0.2) is 0 Å². The number of aliphatic hydroxyl groups is 1. The van der Waals surface area contributed by atoms with Gasteiger partial charge in [-0.25, -0.2) is 0 Å². The Bertz CT molecular complexity index is 1230. The first-order chi connectivity index (χ1) is 16.7. The first kappa shape index (κ1) is 24.9. The Morgan fingerprint density at radius 1 is 0.829 bits per heavy atom. The second-order valence-corrected chi connectivity index (χ2v) is 9.76. The van der Waals surface area contributed by atoms with Crippen molar-refractivity contribution in [2.24, 2.45) is 11.8 Å². The molecule has 1 aliphatic rings. The van der Waals surface area contributed by atoms with Gasteiger partial charge in [-0.1, -0.05) is 53.5 Å². The van der Waals surface area contributed by atoms with Crippen LogP contribution in [0.5, 0.6) is 0 Å². The van der Waals surface area contributed by atoms with Crippen molar-refractivity contribution in [2.75, 3.05) is 10.6 Å². The fourth-order valence-electron chi connectivity index (χ4n) is 4.67. The highest BCUT2D eigenvalue weighted by molar-refractivity contribution is 6.31. The summed E-state index contributed by atoms with van der Waals surface area (Å²) in [7, 11) is 0. The molecule has 3 aromatic rings. The van der Waals surface area contributed by atoms with Gasteiger partial charge >= 0.3 is 0 Å². The fraction of sp³-hybridized carbons (Fsp3) is 0.222. The molecule has 3 aromatic carbocycles. The van der Waals surface area contributed by atoms with E-state index in [1.165, 1.54) is 6.92 Å². The number of halogens is 2. The number of carbonyl (C=O) groups is 3. The van der Waals surface area contributed by atoms with Crippen molar-refractivity contribution in [3.8, 4) is 0 Å². The zero-order valence-corrected chi connectivity index (χ0v) is 20.4. The minimum absolute atomic E-state index is 0.340. The molecule has 0 spiro atoms. The molecule has 4 atom stereocenters. The lowest BCUT2D eigenvalue weighted by molar-refractivity contribution is -0.150. The quantitative estimate of drug-likeness (QED) is 0.405. The van der Waals surface area contributed by atoms with E-state index in [0.717, 1.165) is 0 Å². The van der Waals surface area contributed by atoms with E-state index in [9.17, 15) is 19.5 Å². The van der Waals surface area contributed by atoms with Crippen LogP contribution in [0.25, 0.3) is 0 Å². The van der Waals surface area contributed by atoms with Gasteiger partial charge in [-0.05, 0) is 61.0 Å². The van der Waals surface area contributed by atoms with Gasteiger partial charge in [0.25, 0.3) is 0 Å². The van der Waals surface area contributed by atoms with Gasteiger partial charge in [-0.15, -0.1) is 0 Å². The smallest absolute Gasteiger partial charge is 0.235 e. The molecule has 0 unspecified atom stereocenters. The summed E-state index contributed by atoms with van der Waals surface area (Å²) in [6.45, 7) is 1.46. The molecule has 1 fully saturated rings. The Hall–Kier alpha value is -3.19. The van der Waals surface area contributed by atoms with Crippen molar-refractivity contribution < 1.29 is 19.5 Å². The van der Waals surface area contributed by atoms with Gasteiger partial charge in [0.05, 0.1) is 11.5 Å². The second-order valence-electron chi connectivity index (χ2n) is 8.88. The molecule has 1 aliphatic carbocycles. The van der Waals surface area contributed by atoms with E-state index in [0.29, 0.717) is 27.0 Å². The molecule has 0 aromatic heterocycles. The Labute approximate surface area is 213 Å². The maximum atomic E-state index is 13.6. The van der Waals surface area contributed by atoms with E-state index >= 15 is 0 Å². The second kappa shape index (κ2) is 10.2. The van der Waals surface area contributed by atoms with Crippen molar-refractivity contribution in [1.29, 1.82) is 0 Å². The average Bonchev–Trinajstić information content (AvgIpc) is 2.81. The highest BCUT2D eigenvalue weighted by atomic mass is 35.5. The minimum Gasteiger partial charge on any atom is -0.389 e. The largest absolute Gasteiger partial charge is 0.389 e. The van der Waals surface area contributed by atoms with E-state index in [-0.39, 0.29) is 6.42 Å². The number of nitrogens with one attached hydrogen (secondary N) is 2. The predicted molar refractivity (Wildman–Crippen MR) is 137 cm³/mol. The maximum absolute atomic E-state index is 13.6. The molecule has 1 saturated carbocycles. The van der Waals surface area contributed by atoms with E-state index < -0.39 is 41.0 Å². The number of Topliss-reactive ketones (excluding diaryl/α,β-unsaturated/α-hetero) is 1. The van der Waals surface area contributed by atoms with Crippen molar-refractivity contribution in [2.45, 2.75) is 24.9 Å². The van der Waals surface area contributed by atoms with Crippen molar-refractivity contribution in [3.63, 3.8) is 0 Å². The Balaban J connectivity index is 1.73. The molecule has 0 saturated heterocycles. The van der Waals surface area contributed by atoms with Gasteiger partial charge in [-0.2, -0.15) is 0 Å². The molecule has 0 heterocycles. The molecular formula is C27H24Cl2N2O4. The number of anilines is 2. The van der Waals surface area contributed by atoms with Crippen LogP contribution in [0.2, 0.25) is 10.0 Å². The van der Waals surface area contributed by atoms with Crippen LogP contribution in [0.1, 0.15) is 24.8 Å². The van der Waals surface area contributed by atoms with Crippen LogP contribution >= 0.6 is 23.2 Å². The number of rotatable bonds is 5. The monoisotopic (exact) mass is 510 g/mol. The first-order valence-electron chi connectivity index (χ1n) is 11.1. The molecule has 0 bridgehead atoms.